The average Bonchev–Trinajstić information content (AvgIpc) is 2.91. The molecule has 1 aliphatic rings. The molecule has 0 spiro atoms. The van der Waals surface area contributed by atoms with Crippen LogP contribution in [0.15, 0.2) is 22.8 Å². The molecule has 0 aliphatic heterocycles. The minimum atomic E-state index is -0.356. The van der Waals surface area contributed by atoms with Gasteiger partial charge in [0, 0.05) is 13.0 Å². The summed E-state index contributed by atoms with van der Waals surface area (Å²) in [6.07, 6.45) is 6.59. The number of carbonyl (C=O) groups excluding carboxylic acids is 2. The summed E-state index contributed by atoms with van der Waals surface area (Å²) in [6, 6.07) is 3.22. The Morgan fingerprint density at radius 2 is 2.00 bits per heavy atom. The average molecular weight is 235 g/mol. The van der Waals surface area contributed by atoms with E-state index in [9.17, 15) is 9.59 Å². The van der Waals surface area contributed by atoms with Crippen LogP contribution < -0.4 is 0 Å². The first-order valence-corrected chi connectivity index (χ1v) is 6.05. The molecule has 1 aromatic heterocycles. The normalized spacial score (nSPS) is 16.8. The molecule has 1 fully saturated rings. The molecule has 1 aromatic rings. The molecule has 0 bridgehead atoms. The van der Waals surface area contributed by atoms with E-state index >= 15 is 0 Å². The van der Waals surface area contributed by atoms with Crippen LogP contribution in [0.4, 0.5) is 0 Å². The first-order chi connectivity index (χ1) is 8.20. The Morgan fingerprint density at radius 1 is 1.29 bits per heavy atom. The highest BCUT2D eigenvalue weighted by molar-refractivity contribution is 6.03. The number of carbonyl (C=O) groups is 2. The van der Waals surface area contributed by atoms with Crippen molar-refractivity contribution in [3.63, 3.8) is 0 Å². The standard InChI is InChI=1S/C13H17NO3/c1-14(13(16)11-8-5-9-17-11)12(15)10-6-3-2-4-7-10/h5,8-10H,2-4,6-7H2,1H3. The molecule has 17 heavy (non-hydrogen) atoms. The summed E-state index contributed by atoms with van der Waals surface area (Å²) in [4.78, 5) is 25.2. The summed E-state index contributed by atoms with van der Waals surface area (Å²) < 4.78 is 5.01. The SMILES string of the molecule is CN(C(=O)c1ccco1)C(=O)C1CCCCC1. The maximum Gasteiger partial charge on any atom is 0.295 e. The summed E-state index contributed by atoms with van der Waals surface area (Å²) in [5.41, 5.74) is 0. The number of amides is 2. The van der Waals surface area contributed by atoms with E-state index in [1.54, 1.807) is 12.1 Å². The molecule has 1 heterocycles. The Balaban J connectivity index is 2.01. The van der Waals surface area contributed by atoms with Crippen LogP contribution in [0.25, 0.3) is 0 Å². The second-order valence-corrected chi connectivity index (χ2v) is 4.51. The summed E-state index contributed by atoms with van der Waals surface area (Å²) in [5, 5.41) is 0. The van der Waals surface area contributed by atoms with E-state index in [0.717, 1.165) is 25.7 Å². The molecule has 92 valence electrons. The lowest BCUT2D eigenvalue weighted by molar-refractivity contribution is -0.132. The van der Waals surface area contributed by atoms with Crippen molar-refractivity contribution in [2.24, 2.45) is 5.92 Å². The molecular weight excluding hydrogens is 218 g/mol. The Bertz CT molecular complexity index is 391. The van der Waals surface area contributed by atoms with E-state index < -0.39 is 0 Å². The van der Waals surface area contributed by atoms with Gasteiger partial charge in [0.2, 0.25) is 5.91 Å². The van der Waals surface area contributed by atoms with Crippen LogP contribution in [0, 0.1) is 5.92 Å². The van der Waals surface area contributed by atoms with Gasteiger partial charge in [0.15, 0.2) is 5.76 Å². The molecule has 0 N–H and O–H groups in total. The van der Waals surface area contributed by atoms with Crippen LogP contribution in [0.1, 0.15) is 42.7 Å². The van der Waals surface area contributed by atoms with Gasteiger partial charge in [0.25, 0.3) is 5.91 Å². The minimum Gasteiger partial charge on any atom is -0.459 e. The van der Waals surface area contributed by atoms with Crippen molar-refractivity contribution in [2.45, 2.75) is 32.1 Å². The molecule has 2 amide bonds. The van der Waals surface area contributed by atoms with Crippen LogP contribution in [0.2, 0.25) is 0 Å². The van der Waals surface area contributed by atoms with Crippen LogP contribution in [0.3, 0.4) is 0 Å². The van der Waals surface area contributed by atoms with E-state index in [1.807, 2.05) is 0 Å². The zero-order valence-corrected chi connectivity index (χ0v) is 10.0. The monoisotopic (exact) mass is 235 g/mol. The lowest BCUT2D eigenvalue weighted by Gasteiger charge is -2.24. The van der Waals surface area contributed by atoms with Gasteiger partial charge in [0.05, 0.1) is 6.26 Å². The van der Waals surface area contributed by atoms with E-state index in [-0.39, 0.29) is 23.5 Å². The van der Waals surface area contributed by atoms with Crippen molar-refractivity contribution in [3.05, 3.63) is 24.2 Å². The molecule has 0 radical (unpaired) electrons. The molecule has 4 heteroatoms. The van der Waals surface area contributed by atoms with Gasteiger partial charge < -0.3 is 4.42 Å². The van der Waals surface area contributed by atoms with Crippen molar-refractivity contribution in [2.75, 3.05) is 7.05 Å². The Morgan fingerprint density at radius 3 is 2.59 bits per heavy atom. The van der Waals surface area contributed by atoms with Gasteiger partial charge in [-0.3, -0.25) is 14.5 Å². The highest BCUT2D eigenvalue weighted by atomic mass is 16.3. The molecule has 0 aromatic carbocycles. The van der Waals surface area contributed by atoms with E-state index in [1.165, 1.54) is 24.6 Å². The maximum absolute atomic E-state index is 12.1. The van der Waals surface area contributed by atoms with Gasteiger partial charge in [-0.2, -0.15) is 0 Å². The van der Waals surface area contributed by atoms with Crippen LogP contribution >= 0.6 is 0 Å². The molecule has 2 rings (SSSR count). The summed E-state index contributed by atoms with van der Waals surface area (Å²) in [7, 11) is 1.53. The highest BCUT2D eigenvalue weighted by Crippen LogP contribution is 2.25. The van der Waals surface area contributed by atoms with Crippen molar-refractivity contribution in [1.82, 2.24) is 4.90 Å². The van der Waals surface area contributed by atoms with Gasteiger partial charge in [-0.05, 0) is 25.0 Å². The zero-order chi connectivity index (χ0) is 12.3. The molecule has 0 atom stereocenters. The van der Waals surface area contributed by atoms with Gasteiger partial charge in [-0.15, -0.1) is 0 Å². The molecule has 1 aliphatic carbocycles. The molecule has 4 nitrogen and oxygen atoms in total. The second-order valence-electron chi connectivity index (χ2n) is 4.51. The van der Waals surface area contributed by atoms with Gasteiger partial charge in [0.1, 0.15) is 0 Å². The topological polar surface area (TPSA) is 50.5 Å². The molecule has 0 unspecified atom stereocenters. The van der Waals surface area contributed by atoms with E-state index in [4.69, 9.17) is 4.42 Å². The summed E-state index contributed by atoms with van der Waals surface area (Å²) in [6.45, 7) is 0. The fraction of sp³-hybridized carbons (Fsp3) is 0.538. The van der Waals surface area contributed by atoms with Gasteiger partial charge in [-0.25, -0.2) is 0 Å². The van der Waals surface area contributed by atoms with Crippen molar-refractivity contribution < 1.29 is 14.0 Å². The first kappa shape index (κ1) is 11.9. The fourth-order valence-electron chi connectivity index (χ4n) is 2.29. The number of nitrogens with zero attached hydrogens (tertiary/aromatic N) is 1. The molecule has 1 saturated carbocycles. The Labute approximate surface area is 101 Å². The predicted octanol–water partition coefficient (Wildman–Crippen LogP) is 2.46. The van der Waals surface area contributed by atoms with Crippen molar-refractivity contribution in [3.8, 4) is 0 Å². The molecular formula is C13H17NO3. The number of hydrogen-bond donors (Lipinski definition) is 0. The van der Waals surface area contributed by atoms with E-state index in [0.29, 0.717) is 0 Å². The van der Waals surface area contributed by atoms with Crippen LogP contribution in [-0.2, 0) is 4.79 Å². The number of imide groups is 1. The third-order valence-electron chi connectivity index (χ3n) is 3.32. The lowest BCUT2D eigenvalue weighted by atomic mass is 9.88. The van der Waals surface area contributed by atoms with Gasteiger partial charge >= 0.3 is 0 Å². The lowest BCUT2D eigenvalue weighted by Crippen LogP contribution is -2.38. The minimum absolute atomic E-state index is 0.00709. The van der Waals surface area contributed by atoms with Crippen LogP contribution in [-0.4, -0.2) is 23.8 Å². The van der Waals surface area contributed by atoms with Crippen LogP contribution in [0.5, 0.6) is 0 Å². The highest BCUT2D eigenvalue weighted by Gasteiger charge is 2.28. The first-order valence-electron chi connectivity index (χ1n) is 6.05. The summed E-state index contributed by atoms with van der Waals surface area (Å²) in [5.74, 6) is -0.207. The Hall–Kier alpha value is -1.58. The van der Waals surface area contributed by atoms with E-state index in [2.05, 4.69) is 0 Å². The third-order valence-corrected chi connectivity index (χ3v) is 3.32. The number of furan rings is 1. The summed E-state index contributed by atoms with van der Waals surface area (Å²) >= 11 is 0. The largest absolute Gasteiger partial charge is 0.459 e. The third kappa shape index (κ3) is 2.57. The Kier molecular flexibility index (Phi) is 3.61. The molecule has 0 saturated heterocycles. The quantitative estimate of drug-likeness (QED) is 0.740. The maximum atomic E-state index is 12.1. The zero-order valence-electron chi connectivity index (χ0n) is 10.0. The second kappa shape index (κ2) is 5.17. The van der Waals surface area contributed by atoms with Crippen molar-refractivity contribution in [1.29, 1.82) is 0 Å². The fourth-order valence-corrected chi connectivity index (χ4v) is 2.29. The van der Waals surface area contributed by atoms with Gasteiger partial charge in [-0.1, -0.05) is 19.3 Å². The predicted molar refractivity (Wildman–Crippen MR) is 62.4 cm³/mol. The number of rotatable bonds is 2. The van der Waals surface area contributed by atoms with Crippen molar-refractivity contribution >= 4 is 11.8 Å². The number of hydrogen-bond acceptors (Lipinski definition) is 3. The smallest absolute Gasteiger partial charge is 0.295 e.